The van der Waals surface area contributed by atoms with E-state index >= 15 is 0 Å². The van der Waals surface area contributed by atoms with Crippen LogP contribution in [0.3, 0.4) is 0 Å². The van der Waals surface area contributed by atoms with E-state index in [2.05, 4.69) is 25.9 Å². The fourth-order valence-electron chi connectivity index (χ4n) is 2.67. The molecule has 0 aromatic heterocycles. The van der Waals surface area contributed by atoms with Crippen molar-refractivity contribution >= 4 is 12.4 Å². The summed E-state index contributed by atoms with van der Waals surface area (Å²) in [5, 5.41) is 9.49. The Hall–Kier alpha value is 0.210. The lowest BCUT2D eigenvalue weighted by Gasteiger charge is -2.25. The van der Waals surface area contributed by atoms with E-state index in [0.717, 1.165) is 6.42 Å². The van der Waals surface area contributed by atoms with E-state index in [1.807, 2.05) is 6.92 Å². The van der Waals surface area contributed by atoms with Gasteiger partial charge in [-0.15, -0.1) is 12.4 Å². The molecule has 0 rings (SSSR count). The van der Waals surface area contributed by atoms with Crippen molar-refractivity contribution in [2.24, 2.45) is 0 Å². The first-order valence-corrected chi connectivity index (χ1v) is 8.42. The van der Waals surface area contributed by atoms with Gasteiger partial charge in [-0.3, -0.25) is 0 Å². The van der Waals surface area contributed by atoms with Crippen molar-refractivity contribution in [2.75, 3.05) is 14.1 Å². The maximum absolute atomic E-state index is 9.49. The zero-order chi connectivity index (χ0) is 14.5. The summed E-state index contributed by atoms with van der Waals surface area (Å²) in [5.74, 6) is 0. The van der Waals surface area contributed by atoms with Crippen LogP contribution in [0.4, 0.5) is 0 Å². The molecular weight excluding hydrogens is 270 g/mol. The highest BCUT2D eigenvalue weighted by atomic mass is 35.5. The average molecular weight is 308 g/mol. The number of nitrogens with zero attached hydrogens (tertiary/aromatic N) is 1. The molecule has 1 N–H and O–H groups in total. The molecule has 2 nitrogen and oxygen atoms in total. The van der Waals surface area contributed by atoms with E-state index in [9.17, 15) is 5.11 Å². The van der Waals surface area contributed by atoms with Gasteiger partial charge >= 0.3 is 0 Å². The van der Waals surface area contributed by atoms with Crippen LogP contribution in [-0.4, -0.2) is 36.2 Å². The van der Waals surface area contributed by atoms with Gasteiger partial charge in [-0.25, -0.2) is 0 Å². The Morgan fingerprint density at radius 2 is 1.30 bits per heavy atom. The molecule has 0 aromatic rings. The van der Waals surface area contributed by atoms with Crippen LogP contribution in [0.25, 0.3) is 0 Å². The summed E-state index contributed by atoms with van der Waals surface area (Å²) in [6.45, 7) is 4.17. The van der Waals surface area contributed by atoms with Crippen molar-refractivity contribution in [3.05, 3.63) is 0 Å². The van der Waals surface area contributed by atoms with E-state index in [1.165, 1.54) is 64.2 Å². The lowest BCUT2D eigenvalue weighted by atomic mass is 10.0. The van der Waals surface area contributed by atoms with Crippen LogP contribution in [0.5, 0.6) is 0 Å². The van der Waals surface area contributed by atoms with Crippen LogP contribution in [0, 0.1) is 0 Å². The summed E-state index contributed by atoms with van der Waals surface area (Å²) in [7, 11) is 4.25. The molecule has 20 heavy (non-hydrogen) atoms. The number of halogens is 1. The Bertz CT molecular complexity index is 186. The first kappa shape index (κ1) is 22.5. The van der Waals surface area contributed by atoms with Gasteiger partial charge in [0.15, 0.2) is 0 Å². The number of hydrogen-bond donors (Lipinski definition) is 1. The maximum Gasteiger partial charge on any atom is 0.0527 e. The van der Waals surface area contributed by atoms with Gasteiger partial charge in [-0.2, -0.15) is 0 Å². The van der Waals surface area contributed by atoms with Gasteiger partial charge in [0.25, 0.3) is 0 Å². The normalized spacial score (nSPS) is 14.1. The molecule has 124 valence electrons. The van der Waals surface area contributed by atoms with Gasteiger partial charge < -0.3 is 10.0 Å². The molecule has 0 fully saturated rings. The highest BCUT2D eigenvalue weighted by Gasteiger charge is 2.13. The van der Waals surface area contributed by atoms with E-state index in [4.69, 9.17) is 0 Å². The first-order valence-electron chi connectivity index (χ1n) is 8.42. The highest BCUT2D eigenvalue weighted by Crippen LogP contribution is 2.15. The molecule has 3 heteroatoms. The molecule has 0 spiro atoms. The molecule has 0 aliphatic rings. The van der Waals surface area contributed by atoms with Crippen LogP contribution < -0.4 is 0 Å². The summed E-state index contributed by atoms with van der Waals surface area (Å²) in [6, 6.07) is 0.546. The van der Waals surface area contributed by atoms with Crippen molar-refractivity contribution in [3.8, 4) is 0 Å². The van der Waals surface area contributed by atoms with Crippen LogP contribution >= 0.6 is 12.4 Å². The molecule has 0 saturated carbocycles. The maximum atomic E-state index is 9.49. The fraction of sp³-hybridized carbons (Fsp3) is 1.00. The summed E-state index contributed by atoms with van der Waals surface area (Å²) in [4.78, 5) is 2.26. The van der Waals surface area contributed by atoms with Gasteiger partial charge in [0, 0.05) is 6.04 Å². The molecule has 0 bridgehead atoms. The highest BCUT2D eigenvalue weighted by molar-refractivity contribution is 5.85. The average Bonchev–Trinajstić information content (AvgIpc) is 2.34. The Balaban J connectivity index is 0. The largest absolute Gasteiger partial charge is 0.393 e. The molecule has 0 heterocycles. The molecule has 0 amide bonds. The van der Waals surface area contributed by atoms with Gasteiger partial charge in [0.05, 0.1) is 6.10 Å². The molecule has 2 unspecified atom stereocenters. The number of unbranched alkanes of at least 4 members (excludes halogenated alkanes) is 8. The predicted molar refractivity (Wildman–Crippen MR) is 92.9 cm³/mol. The second kappa shape index (κ2) is 15.6. The Labute approximate surface area is 133 Å². The third kappa shape index (κ3) is 14.6. The lowest BCUT2D eigenvalue weighted by molar-refractivity contribution is 0.133. The monoisotopic (exact) mass is 307 g/mol. The van der Waals surface area contributed by atoms with Crippen LogP contribution in [0.15, 0.2) is 0 Å². The second-order valence-electron chi connectivity index (χ2n) is 6.32. The molecule has 0 aliphatic carbocycles. The minimum atomic E-state index is -0.175. The molecule has 0 saturated heterocycles. The van der Waals surface area contributed by atoms with E-state index in [-0.39, 0.29) is 18.5 Å². The minimum absolute atomic E-state index is 0. The first-order chi connectivity index (χ1) is 9.07. The Kier molecular flexibility index (Phi) is 17.5. The van der Waals surface area contributed by atoms with Crippen LogP contribution in [0.1, 0.15) is 84.5 Å². The van der Waals surface area contributed by atoms with Crippen molar-refractivity contribution in [2.45, 2.75) is 96.6 Å². The molecular formula is C17H38ClNO. The zero-order valence-electron chi connectivity index (χ0n) is 14.2. The standard InChI is InChI=1S/C17H37NO.ClH/c1-5-6-7-8-9-10-11-12-13-14-17(18(3)4)15-16(2)19;/h16-17,19H,5-15H2,1-4H3;1H. The fourth-order valence-corrected chi connectivity index (χ4v) is 2.67. The van der Waals surface area contributed by atoms with Gasteiger partial charge in [0.1, 0.15) is 0 Å². The summed E-state index contributed by atoms with van der Waals surface area (Å²) < 4.78 is 0. The van der Waals surface area contributed by atoms with E-state index in [0.29, 0.717) is 6.04 Å². The summed E-state index contributed by atoms with van der Waals surface area (Å²) in [5.41, 5.74) is 0. The minimum Gasteiger partial charge on any atom is -0.393 e. The Morgan fingerprint density at radius 1 is 0.850 bits per heavy atom. The predicted octanol–water partition coefficient (Wildman–Crippen LogP) is 5.03. The summed E-state index contributed by atoms with van der Waals surface area (Å²) in [6.07, 6.45) is 14.5. The van der Waals surface area contributed by atoms with Crippen molar-refractivity contribution in [1.29, 1.82) is 0 Å². The van der Waals surface area contributed by atoms with Gasteiger partial charge in [-0.1, -0.05) is 64.7 Å². The topological polar surface area (TPSA) is 23.5 Å². The number of aliphatic hydroxyl groups excluding tert-OH is 1. The third-order valence-electron chi connectivity index (χ3n) is 3.98. The van der Waals surface area contributed by atoms with Crippen molar-refractivity contribution in [1.82, 2.24) is 4.90 Å². The molecule has 0 aromatic carbocycles. The lowest BCUT2D eigenvalue weighted by Crippen LogP contribution is -2.31. The van der Waals surface area contributed by atoms with Crippen LogP contribution in [0.2, 0.25) is 0 Å². The third-order valence-corrected chi connectivity index (χ3v) is 3.98. The van der Waals surface area contributed by atoms with Crippen molar-refractivity contribution < 1.29 is 5.11 Å². The molecule has 0 radical (unpaired) electrons. The Morgan fingerprint density at radius 3 is 1.70 bits per heavy atom. The van der Waals surface area contributed by atoms with Gasteiger partial charge in [0.2, 0.25) is 0 Å². The summed E-state index contributed by atoms with van der Waals surface area (Å²) >= 11 is 0. The number of hydrogen-bond acceptors (Lipinski definition) is 2. The SMILES string of the molecule is CCCCCCCCCCCC(CC(C)O)N(C)C.Cl. The molecule has 0 aliphatic heterocycles. The van der Waals surface area contributed by atoms with Crippen molar-refractivity contribution in [3.63, 3.8) is 0 Å². The zero-order valence-corrected chi connectivity index (χ0v) is 15.1. The second-order valence-corrected chi connectivity index (χ2v) is 6.32. The smallest absolute Gasteiger partial charge is 0.0527 e. The number of aliphatic hydroxyl groups is 1. The quantitative estimate of drug-likeness (QED) is 0.482. The van der Waals surface area contributed by atoms with Gasteiger partial charge in [-0.05, 0) is 33.9 Å². The van der Waals surface area contributed by atoms with Crippen LogP contribution in [-0.2, 0) is 0 Å². The molecule has 2 atom stereocenters. The number of rotatable bonds is 13. The van der Waals surface area contributed by atoms with E-state index < -0.39 is 0 Å². The van der Waals surface area contributed by atoms with E-state index in [1.54, 1.807) is 0 Å².